The molecule has 0 spiro atoms. The van der Waals surface area contributed by atoms with Gasteiger partial charge in [0.05, 0.1) is 5.02 Å². The van der Waals surface area contributed by atoms with E-state index in [-0.39, 0.29) is 34.2 Å². The third-order valence-electron chi connectivity index (χ3n) is 4.82. The van der Waals surface area contributed by atoms with Crippen molar-refractivity contribution in [3.63, 3.8) is 0 Å². The number of amides is 1. The molecule has 0 saturated heterocycles. The Morgan fingerprint density at radius 2 is 1.80 bits per heavy atom. The molecule has 2 aromatic carbocycles. The van der Waals surface area contributed by atoms with Crippen LogP contribution < -0.4 is 19.5 Å². The number of nitrogens with one attached hydrogen (secondary N) is 2. The quantitative estimate of drug-likeness (QED) is 0.642. The summed E-state index contributed by atoms with van der Waals surface area (Å²) in [6.45, 7) is 5.44. The van der Waals surface area contributed by atoms with Crippen LogP contribution in [0.25, 0.3) is 0 Å². The monoisotopic (exact) mass is 452 g/mol. The zero-order valence-corrected chi connectivity index (χ0v) is 18.5. The van der Waals surface area contributed by atoms with Crippen LogP contribution in [0.3, 0.4) is 0 Å². The number of hydrogen-bond donors (Lipinski definition) is 2. The third-order valence-corrected chi connectivity index (χ3v) is 6.78. The molecule has 0 aromatic heterocycles. The predicted octanol–water partition coefficient (Wildman–Crippen LogP) is 2.87. The van der Waals surface area contributed by atoms with Gasteiger partial charge in [0, 0.05) is 24.9 Å². The molecule has 1 aliphatic rings. The molecule has 0 unspecified atom stereocenters. The first-order valence-electron chi connectivity index (χ1n) is 9.60. The number of sulfonamides is 1. The second-order valence-electron chi connectivity index (χ2n) is 7.60. The lowest BCUT2D eigenvalue weighted by Crippen LogP contribution is -2.38. The van der Waals surface area contributed by atoms with E-state index in [4.69, 9.17) is 21.1 Å². The molecule has 2 aromatic rings. The minimum Gasteiger partial charge on any atom is -0.486 e. The summed E-state index contributed by atoms with van der Waals surface area (Å²) in [6.07, 6.45) is 0.0148. The summed E-state index contributed by atoms with van der Waals surface area (Å²) in [7, 11) is -3.77. The topological polar surface area (TPSA) is 93.7 Å². The van der Waals surface area contributed by atoms with Gasteiger partial charge in [0.15, 0.2) is 11.5 Å². The molecule has 1 amide bonds. The van der Waals surface area contributed by atoms with E-state index in [0.717, 1.165) is 11.3 Å². The van der Waals surface area contributed by atoms with Gasteiger partial charge in [-0.2, -0.15) is 0 Å². The first-order valence-corrected chi connectivity index (χ1v) is 11.5. The maximum absolute atomic E-state index is 12.3. The minimum atomic E-state index is -3.77. The van der Waals surface area contributed by atoms with Crippen molar-refractivity contribution in [1.29, 1.82) is 0 Å². The molecule has 9 heteroatoms. The summed E-state index contributed by atoms with van der Waals surface area (Å²) in [4.78, 5) is 12.2. The second kappa shape index (κ2) is 9.24. The highest BCUT2D eigenvalue weighted by Crippen LogP contribution is 2.34. The smallest absolute Gasteiger partial charge is 0.242 e. The molecule has 0 bridgehead atoms. The number of hydrogen-bond acceptors (Lipinski definition) is 5. The van der Waals surface area contributed by atoms with Gasteiger partial charge in [-0.15, -0.1) is 0 Å². The van der Waals surface area contributed by atoms with Crippen LogP contribution in [0.4, 0.5) is 0 Å². The predicted molar refractivity (Wildman–Crippen MR) is 115 cm³/mol. The van der Waals surface area contributed by atoms with E-state index in [9.17, 15) is 13.2 Å². The number of ether oxygens (including phenoxy) is 2. The van der Waals surface area contributed by atoms with Crippen LogP contribution in [0.2, 0.25) is 5.02 Å². The van der Waals surface area contributed by atoms with Crippen LogP contribution in [-0.2, 0) is 20.2 Å². The minimum absolute atomic E-state index is 0.00758. The lowest BCUT2D eigenvalue weighted by atomic mass is 9.84. The number of benzene rings is 2. The molecule has 30 heavy (non-hydrogen) atoms. The molecule has 0 aliphatic carbocycles. The Hall–Kier alpha value is -2.29. The second-order valence-corrected chi connectivity index (χ2v) is 9.74. The Kier molecular flexibility index (Phi) is 6.90. The van der Waals surface area contributed by atoms with Crippen LogP contribution in [-0.4, -0.2) is 40.6 Å². The number of halogens is 1. The molecule has 0 radical (unpaired) electrons. The highest BCUT2D eigenvalue weighted by molar-refractivity contribution is 7.89. The Bertz CT molecular complexity index is 1020. The van der Waals surface area contributed by atoms with Gasteiger partial charge in [-0.05, 0) is 29.8 Å². The number of carbonyl (C=O) groups is 1. The van der Waals surface area contributed by atoms with E-state index in [1.807, 2.05) is 32.0 Å². The molecule has 1 aliphatic heterocycles. The number of rotatable bonds is 8. The van der Waals surface area contributed by atoms with Crippen molar-refractivity contribution in [3.05, 3.63) is 53.1 Å². The average molecular weight is 453 g/mol. The van der Waals surface area contributed by atoms with E-state index >= 15 is 0 Å². The Morgan fingerprint density at radius 1 is 1.10 bits per heavy atom. The van der Waals surface area contributed by atoms with Crippen molar-refractivity contribution < 1.29 is 22.7 Å². The summed E-state index contributed by atoms with van der Waals surface area (Å²) in [5.74, 6) is 1.17. The maximum atomic E-state index is 12.3. The first-order chi connectivity index (χ1) is 14.2. The fourth-order valence-electron chi connectivity index (χ4n) is 3.01. The standard InChI is InChI=1S/C21H25ClN2O5S/c1-21(2,15-7-8-17-18(13-15)29-12-11-28-17)14-23-20(25)9-10-24-30(26,27)19-6-4-3-5-16(19)22/h3-8,13,24H,9-12,14H2,1-2H3,(H,23,25). The molecule has 2 N–H and O–H groups in total. The van der Waals surface area contributed by atoms with Crippen LogP contribution >= 0.6 is 11.6 Å². The van der Waals surface area contributed by atoms with Crippen molar-refractivity contribution in [1.82, 2.24) is 10.0 Å². The largest absolute Gasteiger partial charge is 0.486 e. The summed E-state index contributed by atoms with van der Waals surface area (Å²) in [6, 6.07) is 11.9. The lowest BCUT2D eigenvalue weighted by molar-refractivity contribution is -0.121. The SMILES string of the molecule is CC(C)(CNC(=O)CCNS(=O)(=O)c1ccccc1Cl)c1ccc2c(c1)OCCO2. The highest BCUT2D eigenvalue weighted by atomic mass is 35.5. The summed E-state index contributed by atoms with van der Waals surface area (Å²) in [5, 5.41) is 3.00. The van der Waals surface area contributed by atoms with Crippen molar-refractivity contribution in [2.45, 2.75) is 30.6 Å². The van der Waals surface area contributed by atoms with Gasteiger partial charge in [-0.1, -0.05) is 43.6 Å². The molecule has 1 heterocycles. The van der Waals surface area contributed by atoms with Gasteiger partial charge >= 0.3 is 0 Å². The highest BCUT2D eigenvalue weighted by Gasteiger charge is 2.24. The molecule has 3 rings (SSSR count). The van der Waals surface area contributed by atoms with E-state index < -0.39 is 10.0 Å². The van der Waals surface area contributed by atoms with Crippen molar-refractivity contribution in [3.8, 4) is 11.5 Å². The Labute approximate surface area is 181 Å². The summed E-state index contributed by atoms with van der Waals surface area (Å²) < 4.78 is 38.2. The van der Waals surface area contributed by atoms with Crippen molar-refractivity contribution >= 4 is 27.5 Å². The zero-order valence-electron chi connectivity index (χ0n) is 16.9. The lowest BCUT2D eigenvalue weighted by Gasteiger charge is -2.28. The van der Waals surface area contributed by atoms with Gasteiger partial charge in [0.25, 0.3) is 0 Å². The van der Waals surface area contributed by atoms with Crippen LogP contribution in [0.15, 0.2) is 47.4 Å². The normalized spacial score (nSPS) is 13.7. The van der Waals surface area contributed by atoms with Crippen LogP contribution in [0, 0.1) is 0 Å². The molecule has 162 valence electrons. The van der Waals surface area contributed by atoms with Crippen LogP contribution in [0.1, 0.15) is 25.8 Å². The first kappa shape index (κ1) is 22.4. The Balaban J connectivity index is 1.51. The Morgan fingerprint density at radius 3 is 2.53 bits per heavy atom. The van der Waals surface area contributed by atoms with Gasteiger partial charge in [-0.25, -0.2) is 13.1 Å². The summed E-state index contributed by atoms with van der Waals surface area (Å²) >= 11 is 5.94. The molecular weight excluding hydrogens is 428 g/mol. The van der Waals surface area contributed by atoms with Crippen molar-refractivity contribution in [2.75, 3.05) is 26.3 Å². The summed E-state index contributed by atoms with van der Waals surface area (Å²) in [5.41, 5.74) is 0.661. The number of fused-ring (bicyclic) bond motifs is 1. The van der Waals surface area contributed by atoms with E-state index in [2.05, 4.69) is 10.0 Å². The van der Waals surface area contributed by atoms with Gasteiger partial charge in [0.2, 0.25) is 15.9 Å². The van der Waals surface area contributed by atoms with E-state index in [1.54, 1.807) is 12.1 Å². The van der Waals surface area contributed by atoms with E-state index in [0.29, 0.717) is 25.5 Å². The zero-order chi connectivity index (χ0) is 21.8. The average Bonchev–Trinajstić information content (AvgIpc) is 2.72. The molecule has 0 atom stereocenters. The molecule has 0 saturated carbocycles. The van der Waals surface area contributed by atoms with Gasteiger partial charge in [0.1, 0.15) is 18.1 Å². The van der Waals surface area contributed by atoms with Gasteiger partial charge < -0.3 is 14.8 Å². The van der Waals surface area contributed by atoms with Crippen molar-refractivity contribution in [2.24, 2.45) is 0 Å². The van der Waals surface area contributed by atoms with Crippen LogP contribution in [0.5, 0.6) is 11.5 Å². The van der Waals surface area contributed by atoms with Gasteiger partial charge in [-0.3, -0.25) is 4.79 Å². The number of carbonyl (C=O) groups excluding carboxylic acids is 1. The molecule has 0 fully saturated rings. The fourth-order valence-corrected chi connectivity index (χ4v) is 4.56. The molecular formula is C21H25ClN2O5S. The van der Waals surface area contributed by atoms with E-state index in [1.165, 1.54) is 12.1 Å². The fraction of sp³-hybridized carbons (Fsp3) is 0.381. The molecule has 7 nitrogen and oxygen atoms in total. The maximum Gasteiger partial charge on any atom is 0.242 e. The third kappa shape index (κ3) is 5.44.